The molecule has 3 aromatic rings. The zero-order valence-corrected chi connectivity index (χ0v) is 17.7. The van der Waals surface area contributed by atoms with Crippen molar-refractivity contribution in [2.75, 3.05) is 29.4 Å². The summed E-state index contributed by atoms with van der Waals surface area (Å²) in [7, 11) is 0. The highest BCUT2D eigenvalue weighted by Gasteiger charge is 2.59. The molecule has 4 aliphatic rings. The Morgan fingerprint density at radius 3 is 2.90 bits per heavy atom. The number of pyridine rings is 1. The molecule has 31 heavy (non-hydrogen) atoms. The van der Waals surface area contributed by atoms with Gasteiger partial charge in [0.1, 0.15) is 5.82 Å². The number of nitrogens with zero attached hydrogens (tertiary/aromatic N) is 6. The van der Waals surface area contributed by atoms with Crippen LogP contribution in [0.3, 0.4) is 0 Å². The standard InChI is InChI=1S/C23H28N8/c24-20-15-11-14(15)12-23(20)5-9-30(10-6-23)18-13-26-19-21(27-18)28-29-22(19)31-8-2-3-16-17(31)4-1-7-25-16/h1,4,7,13-15,20H,2-3,5-6,8-12,24H2,(H,27,28,29)/t14-,15-,20+/m0/s1. The highest BCUT2D eigenvalue weighted by Crippen LogP contribution is 2.62. The molecule has 0 bridgehead atoms. The molecule has 2 aliphatic heterocycles. The molecule has 8 nitrogen and oxygen atoms in total. The van der Waals surface area contributed by atoms with Gasteiger partial charge in [0.25, 0.3) is 0 Å². The van der Waals surface area contributed by atoms with Gasteiger partial charge in [-0.05, 0) is 67.9 Å². The van der Waals surface area contributed by atoms with Gasteiger partial charge >= 0.3 is 0 Å². The summed E-state index contributed by atoms with van der Waals surface area (Å²) in [6.07, 6.45) is 10.9. The maximum absolute atomic E-state index is 6.63. The maximum Gasteiger partial charge on any atom is 0.183 e. The lowest BCUT2D eigenvalue weighted by Crippen LogP contribution is -2.48. The smallest absolute Gasteiger partial charge is 0.183 e. The number of nitrogens with one attached hydrogen (secondary N) is 1. The molecule has 3 aromatic heterocycles. The summed E-state index contributed by atoms with van der Waals surface area (Å²) in [4.78, 5) is 18.8. The fourth-order valence-corrected chi connectivity index (χ4v) is 6.51. The third-order valence-electron chi connectivity index (χ3n) is 8.34. The average Bonchev–Trinajstić information content (AvgIpc) is 3.36. The number of anilines is 3. The van der Waals surface area contributed by atoms with Gasteiger partial charge in [-0.3, -0.25) is 10.1 Å². The number of aromatic nitrogens is 5. The van der Waals surface area contributed by atoms with Crippen molar-refractivity contribution in [2.45, 2.75) is 44.6 Å². The van der Waals surface area contributed by atoms with Gasteiger partial charge < -0.3 is 15.5 Å². The van der Waals surface area contributed by atoms with E-state index < -0.39 is 0 Å². The van der Waals surface area contributed by atoms with Crippen LogP contribution in [0, 0.1) is 17.3 Å². The quantitative estimate of drug-likeness (QED) is 0.662. The van der Waals surface area contributed by atoms with Crippen molar-refractivity contribution in [3.63, 3.8) is 0 Å². The first-order valence-electron chi connectivity index (χ1n) is 11.6. The van der Waals surface area contributed by atoms with E-state index in [4.69, 9.17) is 15.7 Å². The minimum atomic E-state index is 0.373. The lowest BCUT2D eigenvalue weighted by atomic mass is 9.72. The molecule has 2 aliphatic carbocycles. The minimum absolute atomic E-state index is 0.373. The number of aryl methyl sites for hydroxylation is 1. The van der Waals surface area contributed by atoms with Crippen LogP contribution in [0.25, 0.3) is 11.2 Å². The first-order valence-corrected chi connectivity index (χ1v) is 11.6. The van der Waals surface area contributed by atoms with Crippen molar-refractivity contribution < 1.29 is 0 Å². The van der Waals surface area contributed by atoms with Crippen LogP contribution in [0.2, 0.25) is 0 Å². The molecular formula is C23H28N8. The molecule has 5 heterocycles. The van der Waals surface area contributed by atoms with Gasteiger partial charge in [0.05, 0.1) is 17.6 Å². The molecule has 8 heteroatoms. The molecule has 2 saturated carbocycles. The molecule has 3 N–H and O–H groups in total. The molecule has 3 atom stereocenters. The Kier molecular flexibility index (Phi) is 3.69. The largest absolute Gasteiger partial charge is 0.355 e. The summed E-state index contributed by atoms with van der Waals surface area (Å²) < 4.78 is 0. The average molecular weight is 417 g/mol. The van der Waals surface area contributed by atoms with E-state index in [-0.39, 0.29) is 0 Å². The molecular weight excluding hydrogens is 388 g/mol. The molecule has 1 saturated heterocycles. The number of hydrogen-bond acceptors (Lipinski definition) is 7. The van der Waals surface area contributed by atoms with Crippen LogP contribution in [-0.2, 0) is 6.42 Å². The van der Waals surface area contributed by atoms with Crippen LogP contribution in [0.5, 0.6) is 0 Å². The van der Waals surface area contributed by atoms with Crippen LogP contribution in [0.15, 0.2) is 24.5 Å². The number of aromatic amines is 1. The molecule has 0 radical (unpaired) electrons. The van der Waals surface area contributed by atoms with E-state index in [1.807, 2.05) is 18.5 Å². The fourth-order valence-electron chi connectivity index (χ4n) is 6.51. The van der Waals surface area contributed by atoms with Crippen molar-refractivity contribution in [3.8, 4) is 0 Å². The van der Waals surface area contributed by atoms with Gasteiger partial charge in [0.15, 0.2) is 17.0 Å². The van der Waals surface area contributed by atoms with Crippen LogP contribution in [0.4, 0.5) is 17.3 Å². The Balaban J connectivity index is 1.15. The molecule has 7 rings (SSSR count). The lowest BCUT2D eigenvalue weighted by molar-refractivity contribution is 0.172. The SMILES string of the molecule is N[C@@H]1[C@H]2C[C@H]2CC12CCN(c1cnc3c(N4CCCc5ncccc54)n[nH]c3n1)CC2. The first kappa shape index (κ1) is 17.9. The van der Waals surface area contributed by atoms with Gasteiger partial charge in [-0.15, -0.1) is 0 Å². The van der Waals surface area contributed by atoms with Crippen molar-refractivity contribution in [1.82, 2.24) is 25.1 Å². The lowest BCUT2D eigenvalue weighted by Gasteiger charge is -2.43. The van der Waals surface area contributed by atoms with Gasteiger partial charge in [0, 0.05) is 31.9 Å². The minimum Gasteiger partial charge on any atom is -0.355 e. The fraction of sp³-hybridized carbons (Fsp3) is 0.565. The van der Waals surface area contributed by atoms with Crippen LogP contribution in [0.1, 0.15) is 37.8 Å². The number of piperidine rings is 1. The van der Waals surface area contributed by atoms with E-state index in [1.54, 1.807) is 0 Å². The summed E-state index contributed by atoms with van der Waals surface area (Å²) >= 11 is 0. The normalized spacial score (nSPS) is 28.7. The Bertz CT molecular complexity index is 1150. The summed E-state index contributed by atoms with van der Waals surface area (Å²) in [5.41, 5.74) is 10.8. The third-order valence-corrected chi connectivity index (χ3v) is 8.34. The number of hydrogen-bond donors (Lipinski definition) is 2. The molecule has 1 spiro atoms. The predicted octanol–water partition coefficient (Wildman–Crippen LogP) is 2.79. The van der Waals surface area contributed by atoms with Crippen molar-refractivity contribution in [2.24, 2.45) is 23.0 Å². The Morgan fingerprint density at radius 2 is 2.06 bits per heavy atom. The molecule has 0 aromatic carbocycles. The Morgan fingerprint density at radius 1 is 1.16 bits per heavy atom. The molecule has 0 unspecified atom stereocenters. The molecule has 3 fully saturated rings. The van der Waals surface area contributed by atoms with Crippen LogP contribution >= 0.6 is 0 Å². The summed E-state index contributed by atoms with van der Waals surface area (Å²) in [6.45, 7) is 2.94. The second kappa shape index (κ2) is 6.38. The van der Waals surface area contributed by atoms with E-state index in [2.05, 4.69) is 31.0 Å². The second-order valence-corrected chi connectivity index (χ2v) is 9.94. The second-order valence-electron chi connectivity index (χ2n) is 9.94. The zero-order chi connectivity index (χ0) is 20.6. The van der Waals surface area contributed by atoms with Crippen molar-refractivity contribution in [3.05, 3.63) is 30.2 Å². The topological polar surface area (TPSA) is 99.9 Å². The number of nitrogens with two attached hydrogens (primary N) is 1. The van der Waals surface area contributed by atoms with E-state index >= 15 is 0 Å². The van der Waals surface area contributed by atoms with Gasteiger partial charge in [-0.25, -0.2) is 9.97 Å². The van der Waals surface area contributed by atoms with E-state index in [0.717, 1.165) is 78.5 Å². The van der Waals surface area contributed by atoms with Crippen LogP contribution in [-0.4, -0.2) is 50.8 Å². The van der Waals surface area contributed by atoms with E-state index in [1.165, 1.54) is 25.7 Å². The summed E-state index contributed by atoms with van der Waals surface area (Å²) in [6, 6.07) is 4.51. The Labute approximate surface area is 181 Å². The zero-order valence-electron chi connectivity index (χ0n) is 17.7. The summed E-state index contributed by atoms with van der Waals surface area (Å²) in [5.74, 6) is 3.50. The van der Waals surface area contributed by atoms with Crippen molar-refractivity contribution >= 4 is 28.5 Å². The van der Waals surface area contributed by atoms with E-state index in [0.29, 0.717) is 11.5 Å². The van der Waals surface area contributed by atoms with Gasteiger partial charge in [0.2, 0.25) is 0 Å². The molecule has 0 amide bonds. The van der Waals surface area contributed by atoms with Gasteiger partial charge in [-0.2, -0.15) is 5.10 Å². The summed E-state index contributed by atoms with van der Waals surface area (Å²) in [5, 5.41) is 7.73. The number of fused-ring (bicyclic) bond motifs is 3. The predicted molar refractivity (Wildman–Crippen MR) is 119 cm³/mol. The number of H-pyrrole nitrogens is 1. The highest BCUT2D eigenvalue weighted by atomic mass is 15.3. The Hall–Kier alpha value is -2.74. The third kappa shape index (κ3) is 2.63. The highest BCUT2D eigenvalue weighted by molar-refractivity contribution is 5.87. The van der Waals surface area contributed by atoms with Gasteiger partial charge in [-0.1, -0.05) is 0 Å². The maximum atomic E-state index is 6.63. The monoisotopic (exact) mass is 416 g/mol. The first-order chi connectivity index (χ1) is 15.2. The van der Waals surface area contributed by atoms with Crippen LogP contribution < -0.4 is 15.5 Å². The van der Waals surface area contributed by atoms with E-state index in [9.17, 15) is 0 Å². The number of rotatable bonds is 2. The van der Waals surface area contributed by atoms with Crippen molar-refractivity contribution in [1.29, 1.82) is 0 Å². The molecule has 160 valence electrons.